The van der Waals surface area contributed by atoms with Crippen LogP contribution >= 0.6 is 27.7 Å². The molecule has 7 nitrogen and oxygen atoms in total. The Morgan fingerprint density at radius 1 is 1.18 bits per heavy atom. The van der Waals surface area contributed by atoms with Gasteiger partial charge in [0.1, 0.15) is 6.04 Å². The number of nitrogens with zero attached hydrogens (tertiary/aromatic N) is 5. The third-order valence-corrected chi connectivity index (χ3v) is 7.08. The van der Waals surface area contributed by atoms with E-state index in [0.29, 0.717) is 6.42 Å². The molecule has 0 amide bonds. The Morgan fingerprint density at radius 2 is 1.97 bits per heavy atom. The van der Waals surface area contributed by atoms with Gasteiger partial charge in [0.25, 0.3) is 0 Å². The molecule has 178 valence electrons. The van der Waals surface area contributed by atoms with Gasteiger partial charge in [-0.05, 0) is 51.7 Å². The SMILES string of the molecule is COC(=O)CC[C@@H]1N=C(c2ccccc2)c2cc(Br)ccc2-n2c(SCCCN(C)C)nnc21. The number of esters is 1. The van der Waals surface area contributed by atoms with E-state index in [0.717, 1.165) is 56.7 Å². The number of thioether (sulfide) groups is 1. The lowest BCUT2D eigenvalue weighted by Gasteiger charge is -2.14. The zero-order chi connectivity index (χ0) is 24.1. The van der Waals surface area contributed by atoms with Crippen LogP contribution in [0.25, 0.3) is 5.69 Å². The van der Waals surface area contributed by atoms with E-state index in [4.69, 9.17) is 9.73 Å². The van der Waals surface area contributed by atoms with Crippen molar-refractivity contribution in [1.82, 2.24) is 19.7 Å². The highest BCUT2D eigenvalue weighted by Crippen LogP contribution is 2.36. The van der Waals surface area contributed by atoms with Crippen molar-refractivity contribution < 1.29 is 9.53 Å². The largest absolute Gasteiger partial charge is 0.469 e. The summed E-state index contributed by atoms with van der Waals surface area (Å²) in [4.78, 5) is 19.3. The third kappa shape index (κ3) is 5.59. The fourth-order valence-corrected chi connectivity index (χ4v) is 5.15. The monoisotopic (exact) mass is 541 g/mol. The van der Waals surface area contributed by atoms with Crippen molar-refractivity contribution in [3.05, 3.63) is 70.0 Å². The van der Waals surface area contributed by atoms with Crippen LogP contribution in [0.2, 0.25) is 0 Å². The third-order valence-electron chi connectivity index (χ3n) is 5.57. The lowest BCUT2D eigenvalue weighted by atomic mass is 10.0. The van der Waals surface area contributed by atoms with Crippen molar-refractivity contribution in [2.75, 3.05) is 33.5 Å². The number of carbonyl (C=O) groups is 1. The van der Waals surface area contributed by atoms with Gasteiger partial charge in [-0.2, -0.15) is 0 Å². The Balaban J connectivity index is 1.81. The zero-order valence-electron chi connectivity index (χ0n) is 19.6. The van der Waals surface area contributed by atoms with Gasteiger partial charge in [-0.3, -0.25) is 14.4 Å². The number of halogens is 1. The molecule has 9 heteroatoms. The van der Waals surface area contributed by atoms with Crippen LogP contribution < -0.4 is 0 Å². The van der Waals surface area contributed by atoms with Gasteiger partial charge < -0.3 is 9.64 Å². The fourth-order valence-electron chi connectivity index (χ4n) is 3.91. The number of ether oxygens (including phenoxy) is 1. The molecule has 34 heavy (non-hydrogen) atoms. The first kappa shape index (κ1) is 24.6. The highest BCUT2D eigenvalue weighted by molar-refractivity contribution is 9.10. The Morgan fingerprint density at radius 3 is 2.71 bits per heavy atom. The van der Waals surface area contributed by atoms with Crippen molar-refractivity contribution in [3.8, 4) is 5.69 Å². The number of hydrogen-bond donors (Lipinski definition) is 0. The summed E-state index contributed by atoms with van der Waals surface area (Å²) in [5, 5.41) is 9.95. The Bertz CT molecular complexity index is 1180. The molecule has 0 saturated carbocycles. The van der Waals surface area contributed by atoms with Crippen molar-refractivity contribution in [2.45, 2.75) is 30.5 Å². The van der Waals surface area contributed by atoms with Gasteiger partial charge >= 0.3 is 5.97 Å². The van der Waals surface area contributed by atoms with Gasteiger partial charge in [-0.15, -0.1) is 10.2 Å². The molecule has 0 N–H and O–H groups in total. The second-order valence-corrected chi connectivity index (χ2v) is 10.3. The summed E-state index contributed by atoms with van der Waals surface area (Å²) in [5.74, 6) is 1.42. The number of rotatable bonds is 9. The van der Waals surface area contributed by atoms with Crippen molar-refractivity contribution >= 4 is 39.4 Å². The molecule has 0 radical (unpaired) electrons. The first-order chi connectivity index (χ1) is 16.5. The standard InChI is InChI=1S/C25H28BrN5O2S/c1-30(2)14-7-15-34-25-29-28-24-20(11-13-22(32)33-3)27-23(17-8-5-4-6-9-17)19-16-18(26)10-12-21(19)31(24)25/h4-6,8-10,12,16,20H,7,11,13-15H2,1-3H3/t20-/m0/s1. The molecule has 3 aromatic rings. The van der Waals surface area contributed by atoms with E-state index in [1.54, 1.807) is 11.8 Å². The number of aromatic nitrogens is 3. The van der Waals surface area contributed by atoms with E-state index in [1.807, 2.05) is 24.3 Å². The fraction of sp³-hybridized carbons (Fsp3) is 0.360. The number of aliphatic imine (C=N–C) groups is 1. The quantitative estimate of drug-likeness (QED) is 0.217. The summed E-state index contributed by atoms with van der Waals surface area (Å²) < 4.78 is 7.98. The molecular formula is C25H28BrN5O2S. The first-order valence-electron chi connectivity index (χ1n) is 11.2. The summed E-state index contributed by atoms with van der Waals surface area (Å²) in [7, 11) is 5.57. The van der Waals surface area contributed by atoms with Crippen LogP contribution in [0, 0.1) is 0 Å². The maximum Gasteiger partial charge on any atom is 0.305 e. The number of methoxy groups -OCH3 is 1. The normalized spacial score (nSPS) is 14.9. The van der Waals surface area contributed by atoms with Crippen molar-refractivity contribution in [2.24, 2.45) is 4.99 Å². The molecule has 0 unspecified atom stereocenters. The summed E-state index contributed by atoms with van der Waals surface area (Å²) in [6.45, 7) is 1.01. The summed E-state index contributed by atoms with van der Waals surface area (Å²) in [6.07, 6.45) is 1.79. The lowest BCUT2D eigenvalue weighted by Crippen LogP contribution is -2.13. The molecular weight excluding hydrogens is 514 g/mol. The van der Waals surface area contributed by atoms with Crippen LogP contribution in [0.15, 0.2) is 63.2 Å². The van der Waals surface area contributed by atoms with Crippen LogP contribution in [0.5, 0.6) is 0 Å². The summed E-state index contributed by atoms with van der Waals surface area (Å²) in [6, 6.07) is 16.0. The molecule has 1 aliphatic rings. The molecule has 1 aromatic heterocycles. The van der Waals surface area contributed by atoms with Crippen LogP contribution in [-0.4, -0.2) is 64.8 Å². The minimum atomic E-state index is -0.330. The summed E-state index contributed by atoms with van der Waals surface area (Å²) >= 11 is 5.33. The predicted octanol–water partition coefficient (Wildman–Crippen LogP) is 4.92. The molecule has 2 heterocycles. The van der Waals surface area contributed by atoms with Gasteiger partial charge in [0.15, 0.2) is 11.0 Å². The highest BCUT2D eigenvalue weighted by atomic mass is 79.9. The Labute approximate surface area is 212 Å². The molecule has 4 rings (SSSR count). The zero-order valence-corrected chi connectivity index (χ0v) is 22.0. The molecule has 1 atom stereocenters. The van der Waals surface area contributed by atoms with Crippen molar-refractivity contribution in [3.63, 3.8) is 0 Å². The topological polar surface area (TPSA) is 72.6 Å². The van der Waals surface area contributed by atoms with E-state index in [9.17, 15) is 4.79 Å². The lowest BCUT2D eigenvalue weighted by molar-refractivity contribution is -0.140. The average molecular weight is 543 g/mol. The minimum absolute atomic E-state index is 0.255. The first-order valence-corrected chi connectivity index (χ1v) is 13.0. The highest BCUT2D eigenvalue weighted by Gasteiger charge is 2.29. The second-order valence-electron chi connectivity index (χ2n) is 8.32. The Hall–Kier alpha value is -2.49. The Kier molecular flexibility index (Phi) is 8.18. The van der Waals surface area contributed by atoms with Gasteiger partial charge in [-0.1, -0.05) is 58.0 Å². The van der Waals surface area contributed by atoms with Crippen LogP contribution in [0.1, 0.15) is 42.3 Å². The van der Waals surface area contributed by atoms with E-state index in [1.165, 1.54) is 7.11 Å². The van der Waals surface area contributed by atoms with Crippen LogP contribution in [-0.2, 0) is 9.53 Å². The number of carbonyl (C=O) groups excluding carboxylic acids is 1. The number of benzene rings is 2. The van der Waals surface area contributed by atoms with E-state index in [-0.39, 0.29) is 18.4 Å². The van der Waals surface area contributed by atoms with E-state index >= 15 is 0 Å². The maximum atomic E-state index is 12.0. The molecule has 0 aliphatic carbocycles. The number of hydrogen-bond acceptors (Lipinski definition) is 7. The molecule has 1 aliphatic heterocycles. The predicted molar refractivity (Wildman–Crippen MR) is 139 cm³/mol. The maximum absolute atomic E-state index is 12.0. The second kappa shape index (κ2) is 11.3. The summed E-state index contributed by atoms with van der Waals surface area (Å²) in [5.41, 5.74) is 3.88. The van der Waals surface area contributed by atoms with Gasteiger partial charge in [-0.25, -0.2) is 0 Å². The molecule has 0 bridgehead atoms. The van der Waals surface area contributed by atoms with Gasteiger partial charge in [0.2, 0.25) is 0 Å². The minimum Gasteiger partial charge on any atom is -0.469 e. The molecule has 2 aromatic carbocycles. The van der Waals surface area contributed by atoms with Crippen LogP contribution in [0.4, 0.5) is 0 Å². The molecule has 0 saturated heterocycles. The number of fused-ring (bicyclic) bond motifs is 3. The van der Waals surface area contributed by atoms with E-state index < -0.39 is 0 Å². The molecule has 0 fully saturated rings. The van der Waals surface area contributed by atoms with E-state index in [2.05, 4.69) is 74.0 Å². The van der Waals surface area contributed by atoms with Crippen molar-refractivity contribution in [1.29, 1.82) is 0 Å². The smallest absolute Gasteiger partial charge is 0.305 e. The van der Waals surface area contributed by atoms with Gasteiger partial charge in [0.05, 0.1) is 18.5 Å². The van der Waals surface area contributed by atoms with Gasteiger partial charge in [0, 0.05) is 27.8 Å². The van der Waals surface area contributed by atoms with Crippen LogP contribution in [0.3, 0.4) is 0 Å². The average Bonchev–Trinajstić information content (AvgIpc) is 3.20. The molecule has 0 spiro atoms.